The van der Waals surface area contributed by atoms with E-state index in [0.717, 1.165) is 19.3 Å². The second-order valence-electron chi connectivity index (χ2n) is 2.89. The van der Waals surface area contributed by atoms with E-state index in [1.807, 2.05) is 18.2 Å². The van der Waals surface area contributed by atoms with E-state index >= 15 is 0 Å². The van der Waals surface area contributed by atoms with Gasteiger partial charge in [-0.25, -0.2) is 4.79 Å². The first-order valence-electron chi connectivity index (χ1n) is 4.47. The van der Waals surface area contributed by atoms with Gasteiger partial charge < -0.3 is 4.74 Å². The van der Waals surface area contributed by atoms with Gasteiger partial charge in [0.1, 0.15) is 6.10 Å². The van der Waals surface area contributed by atoms with Crippen molar-refractivity contribution < 1.29 is 9.53 Å². The molecule has 1 unspecified atom stereocenters. The molecule has 70 valence electrons. The van der Waals surface area contributed by atoms with Gasteiger partial charge in [0.05, 0.1) is 0 Å². The van der Waals surface area contributed by atoms with Gasteiger partial charge in [-0.15, -0.1) is 0 Å². The molecule has 0 amide bonds. The Kier molecular flexibility index (Phi) is 4.03. The van der Waals surface area contributed by atoms with Gasteiger partial charge in [-0.2, -0.15) is 0 Å². The van der Waals surface area contributed by atoms with Gasteiger partial charge in [0, 0.05) is 12.5 Å². The van der Waals surface area contributed by atoms with Crippen molar-refractivity contribution in [3.8, 4) is 0 Å². The molecule has 0 N–H and O–H groups in total. The zero-order valence-corrected chi connectivity index (χ0v) is 7.61. The molecule has 0 radical (unpaired) electrons. The number of carbonyl (C=O) groups excluding carboxylic acids is 1. The fourth-order valence-corrected chi connectivity index (χ4v) is 1.15. The fourth-order valence-electron chi connectivity index (χ4n) is 1.15. The highest BCUT2D eigenvalue weighted by Crippen LogP contribution is 2.08. The SMILES string of the molecule is C=CC(=O)OC1/C=C\CC/C=C\C1. The van der Waals surface area contributed by atoms with E-state index in [1.54, 1.807) is 0 Å². The first-order valence-corrected chi connectivity index (χ1v) is 4.47. The lowest BCUT2D eigenvalue weighted by Gasteiger charge is -2.11. The Bertz CT molecular complexity index is 238. The molecule has 1 atom stereocenters. The largest absolute Gasteiger partial charge is 0.455 e. The summed E-state index contributed by atoms with van der Waals surface area (Å²) in [6.07, 6.45) is 12.0. The van der Waals surface area contributed by atoms with Gasteiger partial charge in [0.15, 0.2) is 0 Å². The van der Waals surface area contributed by atoms with Gasteiger partial charge >= 0.3 is 5.97 Å². The van der Waals surface area contributed by atoms with Gasteiger partial charge in [-0.3, -0.25) is 0 Å². The Balaban J connectivity index is 2.46. The molecule has 0 aliphatic heterocycles. The minimum absolute atomic E-state index is 0.123. The maximum Gasteiger partial charge on any atom is 0.330 e. The van der Waals surface area contributed by atoms with Crippen LogP contribution < -0.4 is 0 Å². The van der Waals surface area contributed by atoms with Crippen LogP contribution in [-0.2, 0) is 9.53 Å². The van der Waals surface area contributed by atoms with Gasteiger partial charge in [-0.1, -0.05) is 24.8 Å². The number of hydrogen-bond donors (Lipinski definition) is 0. The lowest BCUT2D eigenvalue weighted by molar-refractivity contribution is -0.140. The second kappa shape index (κ2) is 5.36. The summed E-state index contributed by atoms with van der Waals surface area (Å²) in [5.41, 5.74) is 0. The molecule has 0 saturated carbocycles. The van der Waals surface area contributed by atoms with Crippen LogP contribution in [0.15, 0.2) is 37.0 Å². The van der Waals surface area contributed by atoms with Crippen molar-refractivity contribution in [3.63, 3.8) is 0 Å². The zero-order chi connectivity index (χ0) is 9.52. The first kappa shape index (κ1) is 9.78. The number of esters is 1. The Morgan fingerprint density at radius 1 is 1.38 bits per heavy atom. The molecule has 0 aromatic heterocycles. The Morgan fingerprint density at radius 2 is 2.15 bits per heavy atom. The van der Waals surface area contributed by atoms with E-state index in [4.69, 9.17) is 4.74 Å². The van der Waals surface area contributed by atoms with Crippen LogP contribution in [0.5, 0.6) is 0 Å². The zero-order valence-electron chi connectivity index (χ0n) is 7.61. The summed E-state index contributed by atoms with van der Waals surface area (Å²) in [7, 11) is 0. The standard InChI is InChI=1S/C11H14O2/c1-2-11(12)13-10-8-6-4-3-5-7-9-10/h2,4,6-7,9-10H,1,3,5,8H2/b6-4-,9-7-. The predicted molar refractivity (Wildman–Crippen MR) is 52.2 cm³/mol. The monoisotopic (exact) mass is 178 g/mol. The van der Waals surface area contributed by atoms with Gasteiger partial charge in [-0.05, 0) is 18.9 Å². The summed E-state index contributed by atoms with van der Waals surface area (Å²) in [5.74, 6) is -0.358. The smallest absolute Gasteiger partial charge is 0.330 e. The third kappa shape index (κ3) is 3.74. The topological polar surface area (TPSA) is 26.3 Å². The van der Waals surface area contributed by atoms with Crippen molar-refractivity contribution in [1.29, 1.82) is 0 Å². The maximum atomic E-state index is 10.9. The quantitative estimate of drug-likeness (QED) is 0.368. The molecule has 2 nitrogen and oxygen atoms in total. The molecule has 0 fully saturated rings. The molecular formula is C11H14O2. The minimum atomic E-state index is -0.358. The normalized spacial score (nSPS) is 26.6. The van der Waals surface area contributed by atoms with E-state index in [9.17, 15) is 4.79 Å². The van der Waals surface area contributed by atoms with Crippen molar-refractivity contribution >= 4 is 5.97 Å². The molecule has 0 bridgehead atoms. The molecule has 0 aromatic rings. The van der Waals surface area contributed by atoms with Crippen molar-refractivity contribution in [1.82, 2.24) is 0 Å². The molecule has 2 heteroatoms. The lowest BCUT2D eigenvalue weighted by Crippen LogP contribution is -2.13. The molecule has 0 aromatic carbocycles. The van der Waals surface area contributed by atoms with Crippen LogP contribution in [0.2, 0.25) is 0 Å². The summed E-state index contributed by atoms with van der Waals surface area (Å²) in [6, 6.07) is 0. The van der Waals surface area contributed by atoms with E-state index in [1.165, 1.54) is 6.08 Å². The molecular weight excluding hydrogens is 164 g/mol. The number of ether oxygens (including phenoxy) is 1. The summed E-state index contributed by atoms with van der Waals surface area (Å²) >= 11 is 0. The van der Waals surface area contributed by atoms with Crippen molar-refractivity contribution in [2.24, 2.45) is 0 Å². The molecule has 0 saturated heterocycles. The Hall–Kier alpha value is -1.31. The average Bonchev–Trinajstić information content (AvgIpc) is 2.09. The maximum absolute atomic E-state index is 10.9. The fraction of sp³-hybridized carbons (Fsp3) is 0.364. The molecule has 1 aliphatic rings. The van der Waals surface area contributed by atoms with E-state index < -0.39 is 0 Å². The highest BCUT2D eigenvalue weighted by atomic mass is 16.5. The third-order valence-electron chi connectivity index (χ3n) is 1.82. The van der Waals surface area contributed by atoms with Crippen LogP contribution in [0.25, 0.3) is 0 Å². The average molecular weight is 178 g/mol. The van der Waals surface area contributed by atoms with Crippen LogP contribution in [0.4, 0.5) is 0 Å². The Labute approximate surface area is 78.6 Å². The highest BCUT2D eigenvalue weighted by Gasteiger charge is 2.07. The van der Waals surface area contributed by atoms with Gasteiger partial charge in [0.25, 0.3) is 0 Å². The van der Waals surface area contributed by atoms with Crippen LogP contribution in [0, 0.1) is 0 Å². The highest BCUT2D eigenvalue weighted by molar-refractivity contribution is 5.81. The van der Waals surface area contributed by atoms with Gasteiger partial charge in [0.2, 0.25) is 0 Å². The van der Waals surface area contributed by atoms with Crippen LogP contribution in [-0.4, -0.2) is 12.1 Å². The van der Waals surface area contributed by atoms with Crippen LogP contribution >= 0.6 is 0 Å². The first-order chi connectivity index (χ1) is 6.33. The van der Waals surface area contributed by atoms with Crippen LogP contribution in [0.1, 0.15) is 19.3 Å². The molecule has 1 rings (SSSR count). The lowest BCUT2D eigenvalue weighted by atomic mass is 10.1. The predicted octanol–water partition coefficient (Wildman–Crippen LogP) is 2.38. The Morgan fingerprint density at radius 3 is 2.92 bits per heavy atom. The number of carbonyl (C=O) groups is 1. The summed E-state index contributed by atoms with van der Waals surface area (Å²) in [6.45, 7) is 3.35. The summed E-state index contributed by atoms with van der Waals surface area (Å²) in [4.78, 5) is 10.9. The van der Waals surface area contributed by atoms with E-state index in [-0.39, 0.29) is 12.1 Å². The number of rotatable bonds is 2. The molecule has 0 heterocycles. The third-order valence-corrected chi connectivity index (χ3v) is 1.82. The van der Waals surface area contributed by atoms with E-state index in [2.05, 4.69) is 12.7 Å². The van der Waals surface area contributed by atoms with Crippen molar-refractivity contribution in [2.75, 3.05) is 0 Å². The molecule has 1 aliphatic carbocycles. The second-order valence-corrected chi connectivity index (χ2v) is 2.89. The van der Waals surface area contributed by atoms with E-state index in [0.29, 0.717) is 0 Å². The summed E-state index contributed by atoms with van der Waals surface area (Å²) in [5, 5.41) is 0. The van der Waals surface area contributed by atoms with Crippen LogP contribution in [0.3, 0.4) is 0 Å². The number of allylic oxidation sites excluding steroid dienone is 2. The number of hydrogen-bond acceptors (Lipinski definition) is 2. The molecule has 0 spiro atoms. The van der Waals surface area contributed by atoms with Crippen molar-refractivity contribution in [3.05, 3.63) is 37.0 Å². The minimum Gasteiger partial charge on any atom is -0.455 e. The molecule has 13 heavy (non-hydrogen) atoms. The summed E-state index contributed by atoms with van der Waals surface area (Å²) < 4.78 is 5.08. The van der Waals surface area contributed by atoms with Crippen molar-refractivity contribution in [2.45, 2.75) is 25.4 Å².